The average molecular weight is 295 g/mol. The second-order valence-corrected chi connectivity index (χ2v) is 6.12. The second-order valence-electron chi connectivity index (χ2n) is 5.20. The van der Waals surface area contributed by atoms with Crippen LogP contribution in [0.4, 0.5) is 0 Å². The number of carbonyl (C=O) groups is 2. The standard InChI is InChI=1S/C14H17NO4S/c1-14(19)6-2-7-15(9-14)13(18)12-10(5-8-20-12)3-4-11(16)17/h3-5,8,19H,2,6-7,9H2,1H3,(H,16,17)/b4-3+. The van der Waals surface area contributed by atoms with Crippen LogP contribution in [0.15, 0.2) is 17.5 Å². The summed E-state index contributed by atoms with van der Waals surface area (Å²) in [5.41, 5.74) is -0.241. The highest BCUT2D eigenvalue weighted by Crippen LogP contribution is 2.25. The zero-order chi connectivity index (χ0) is 14.8. The molecule has 108 valence electrons. The minimum atomic E-state index is -1.05. The lowest BCUT2D eigenvalue weighted by Gasteiger charge is -2.36. The number of nitrogens with zero attached hydrogens (tertiary/aromatic N) is 1. The first-order valence-electron chi connectivity index (χ1n) is 6.39. The Bertz CT molecular complexity index is 547. The molecule has 0 saturated carbocycles. The number of carbonyl (C=O) groups excluding carboxylic acids is 1. The number of carboxylic acid groups (broad SMARTS) is 1. The molecule has 0 bridgehead atoms. The SMILES string of the molecule is CC1(O)CCCN(C(=O)c2sccc2/C=C/C(=O)O)C1. The zero-order valence-corrected chi connectivity index (χ0v) is 12.0. The molecule has 2 heterocycles. The predicted molar refractivity (Wildman–Crippen MR) is 76.8 cm³/mol. The number of thiophene rings is 1. The lowest BCUT2D eigenvalue weighted by Crippen LogP contribution is -2.48. The molecule has 1 amide bonds. The number of aliphatic carboxylic acids is 1. The topological polar surface area (TPSA) is 77.8 Å². The molecule has 6 heteroatoms. The number of β-amino-alcohol motifs (C(OH)–C–C–N with tert-alkyl or cyclic N) is 1. The largest absolute Gasteiger partial charge is 0.478 e. The summed E-state index contributed by atoms with van der Waals surface area (Å²) in [7, 11) is 0. The number of amides is 1. The molecular formula is C14H17NO4S. The summed E-state index contributed by atoms with van der Waals surface area (Å²) in [6.45, 7) is 2.66. The summed E-state index contributed by atoms with van der Waals surface area (Å²) in [5, 5.41) is 20.5. The highest BCUT2D eigenvalue weighted by molar-refractivity contribution is 7.12. The summed E-state index contributed by atoms with van der Waals surface area (Å²) in [6, 6.07) is 1.72. The van der Waals surface area contributed by atoms with Crippen LogP contribution < -0.4 is 0 Å². The van der Waals surface area contributed by atoms with E-state index in [9.17, 15) is 14.7 Å². The Labute approximate surface area is 121 Å². The summed E-state index contributed by atoms with van der Waals surface area (Å²) >= 11 is 1.29. The fourth-order valence-corrected chi connectivity index (χ4v) is 3.18. The van der Waals surface area contributed by atoms with Gasteiger partial charge in [-0.3, -0.25) is 4.79 Å². The summed E-state index contributed by atoms with van der Waals surface area (Å²) in [5.74, 6) is -1.19. The van der Waals surface area contributed by atoms with Gasteiger partial charge in [0.25, 0.3) is 5.91 Å². The summed E-state index contributed by atoms with van der Waals surface area (Å²) in [6.07, 6.45) is 3.90. The molecule has 1 aliphatic rings. The number of piperidine rings is 1. The third-order valence-corrected chi connectivity index (χ3v) is 4.18. The van der Waals surface area contributed by atoms with Crippen molar-refractivity contribution in [3.8, 4) is 0 Å². The molecule has 1 aromatic rings. The number of carboxylic acids is 1. The molecule has 2 rings (SSSR count). The van der Waals surface area contributed by atoms with Gasteiger partial charge >= 0.3 is 5.97 Å². The maximum absolute atomic E-state index is 12.5. The van der Waals surface area contributed by atoms with E-state index < -0.39 is 11.6 Å². The van der Waals surface area contributed by atoms with Gasteiger partial charge in [-0.25, -0.2) is 4.79 Å². The lowest BCUT2D eigenvalue weighted by molar-refractivity contribution is -0.131. The van der Waals surface area contributed by atoms with Crippen LogP contribution in [-0.4, -0.2) is 45.7 Å². The zero-order valence-electron chi connectivity index (χ0n) is 11.2. The smallest absolute Gasteiger partial charge is 0.328 e. The van der Waals surface area contributed by atoms with Crippen LogP contribution >= 0.6 is 11.3 Å². The van der Waals surface area contributed by atoms with E-state index in [4.69, 9.17) is 5.11 Å². The highest BCUT2D eigenvalue weighted by Gasteiger charge is 2.32. The van der Waals surface area contributed by atoms with Crippen LogP contribution in [0.2, 0.25) is 0 Å². The maximum Gasteiger partial charge on any atom is 0.328 e. The molecule has 1 aromatic heterocycles. The maximum atomic E-state index is 12.5. The first-order valence-corrected chi connectivity index (χ1v) is 7.27. The van der Waals surface area contributed by atoms with Gasteiger partial charge in [0, 0.05) is 19.2 Å². The van der Waals surface area contributed by atoms with Crippen molar-refractivity contribution in [1.29, 1.82) is 0 Å². The van der Waals surface area contributed by atoms with Crippen LogP contribution in [0.25, 0.3) is 6.08 Å². The van der Waals surface area contributed by atoms with Crippen LogP contribution in [0, 0.1) is 0 Å². The fraction of sp³-hybridized carbons (Fsp3) is 0.429. The molecule has 20 heavy (non-hydrogen) atoms. The summed E-state index contributed by atoms with van der Waals surface area (Å²) in [4.78, 5) is 25.2. The normalized spacial score (nSPS) is 23.2. The molecule has 1 aliphatic heterocycles. The van der Waals surface area contributed by atoms with Gasteiger partial charge in [-0.15, -0.1) is 11.3 Å². The van der Waals surface area contributed by atoms with E-state index in [0.717, 1.165) is 12.5 Å². The molecule has 1 saturated heterocycles. The van der Waals surface area contributed by atoms with Crippen molar-refractivity contribution < 1.29 is 19.8 Å². The van der Waals surface area contributed by atoms with Crippen LogP contribution in [0.3, 0.4) is 0 Å². The number of aliphatic hydroxyl groups is 1. The molecule has 0 aromatic carbocycles. The molecule has 0 spiro atoms. The van der Waals surface area contributed by atoms with E-state index in [2.05, 4.69) is 0 Å². The van der Waals surface area contributed by atoms with Crippen LogP contribution in [0.1, 0.15) is 35.0 Å². The van der Waals surface area contributed by atoms with Crippen molar-refractivity contribution >= 4 is 29.3 Å². The van der Waals surface area contributed by atoms with Gasteiger partial charge in [0.05, 0.1) is 10.5 Å². The van der Waals surface area contributed by atoms with Crippen LogP contribution in [0.5, 0.6) is 0 Å². The van der Waals surface area contributed by atoms with Crippen molar-refractivity contribution in [2.75, 3.05) is 13.1 Å². The van der Waals surface area contributed by atoms with Gasteiger partial charge in [0.2, 0.25) is 0 Å². The van der Waals surface area contributed by atoms with Gasteiger partial charge in [0.15, 0.2) is 0 Å². The van der Waals surface area contributed by atoms with Gasteiger partial charge in [-0.2, -0.15) is 0 Å². The Hall–Kier alpha value is -1.66. The monoisotopic (exact) mass is 295 g/mol. The van der Waals surface area contributed by atoms with Gasteiger partial charge in [-0.05, 0) is 42.9 Å². The molecule has 1 atom stereocenters. The van der Waals surface area contributed by atoms with E-state index in [0.29, 0.717) is 30.0 Å². The number of rotatable bonds is 3. The van der Waals surface area contributed by atoms with Crippen molar-refractivity contribution in [2.24, 2.45) is 0 Å². The van der Waals surface area contributed by atoms with E-state index in [1.54, 1.807) is 23.3 Å². The predicted octanol–water partition coefficient (Wildman–Crippen LogP) is 1.83. The van der Waals surface area contributed by atoms with Crippen molar-refractivity contribution in [2.45, 2.75) is 25.4 Å². The molecule has 0 aliphatic carbocycles. The molecule has 1 unspecified atom stereocenters. The van der Waals surface area contributed by atoms with Gasteiger partial charge in [-0.1, -0.05) is 0 Å². The van der Waals surface area contributed by atoms with Crippen molar-refractivity contribution in [1.82, 2.24) is 4.90 Å². The lowest BCUT2D eigenvalue weighted by atomic mass is 9.95. The third-order valence-electron chi connectivity index (χ3n) is 3.26. The van der Waals surface area contributed by atoms with E-state index in [-0.39, 0.29) is 5.91 Å². The molecule has 2 N–H and O–H groups in total. The first-order chi connectivity index (χ1) is 9.39. The number of hydrogen-bond donors (Lipinski definition) is 2. The molecule has 0 radical (unpaired) electrons. The van der Waals surface area contributed by atoms with Crippen LogP contribution in [-0.2, 0) is 4.79 Å². The number of hydrogen-bond acceptors (Lipinski definition) is 4. The van der Waals surface area contributed by atoms with E-state index in [1.807, 2.05) is 0 Å². The number of likely N-dealkylation sites (tertiary alicyclic amines) is 1. The Balaban J connectivity index is 2.17. The Morgan fingerprint density at radius 2 is 2.25 bits per heavy atom. The minimum Gasteiger partial charge on any atom is -0.478 e. The quantitative estimate of drug-likeness (QED) is 0.834. The average Bonchev–Trinajstić information content (AvgIpc) is 2.82. The van der Waals surface area contributed by atoms with E-state index >= 15 is 0 Å². The Morgan fingerprint density at radius 3 is 2.90 bits per heavy atom. The highest BCUT2D eigenvalue weighted by atomic mass is 32.1. The molecule has 5 nitrogen and oxygen atoms in total. The van der Waals surface area contributed by atoms with Crippen molar-refractivity contribution in [3.63, 3.8) is 0 Å². The Morgan fingerprint density at radius 1 is 1.50 bits per heavy atom. The molecular weight excluding hydrogens is 278 g/mol. The van der Waals surface area contributed by atoms with Gasteiger partial charge in [0.1, 0.15) is 0 Å². The first kappa shape index (κ1) is 14.7. The molecule has 1 fully saturated rings. The van der Waals surface area contributed by atoms with Gasteiger partial charge < -0.3 is 15.1 Å². The minimum absolute atomic E-state index is 0.148. The summed E-state index contributed by atoms with van der Waals surface area (Å²) < 4.78 is 0. The van der Waals surface area contributed by atoms with Crippen molar-refractivity contribution in [3.05, 3.63) is 28.0 Å². The van der Waals surface area contributed by atoms with E-state index in [1.165, 1.54) is 17.4 Å². The fourth-order valence-electron chi connectivity index (χ4n) is 2.32. The Kier molecular flexibility index (Phi) is 4.25. The third kappa shape index (κ3) is 3.46. The second kappa shape index (κ2) is 5.76.